The number of carbonyl (C=O) groups excluding carboxylic acids is 1. The van der Waals surface area contributed by atoms with E-state index in [4.69, 9.17) is 0 Å². The second kappa shape index (κ2) is 10.2. The largest absolute Gasteiger partial charge is 0.326 e. The second-order valence-electron chi connectivity index (χ2n) is 7.82. The minimum atomic E-state index is -3.70. The van der Waals surface area contributed by atoms with Crippen molar-refractivity contribution in [3.05, 3.63) is 71.2 Å². The lowest BCUT2D eigenvalue weighted by Crippen LogP contribution is -2.29. The van der Waals surface area contributed by atoms with Gasteiger partial charge < -0.3 is 5.32 Å². The zero-order valence-corrected chi connectivity index (χ0v) is 19.3. The molecule has 3 aromatic rings. The van der Waals surface area contributed by atoms with E-state index in [-0.39, 0.29) is 22.4 Å². The van der Waals surface area contributed by atoms with Crippen molar-refractivity contribution in [2.75, 3.05) is 23.1 Å². The van der Waals surface area contributed by atoms with E-state index in [1.165, 1.54) is 37.0 Å². The van der Waals surface area contributed by atoms with E-state index in [9.17, 15) is 13.2 Å². The zero-order valence-electron chi connectivity index (χ0n) is 17.7. The number of rotatable bonds is 8. The number of likely N-dealkylation sites (tertiary alicyclic amines) is 1. The molecule has 4 rings (SSSR count). The number of aromatic nitrogens is 1. The topological polar surface area (TPSA) is 91.4 Å². The number of hydrogen-bond donors (Lipinski definition) is 2. The van der Waals surface area contributed by atoms with Gasteiger partial charge >= 0.3 is 0 Å². The summed E-state index contributed by atoms with van der Waals surface area (Å²) >= 11 is 1.15. The summed E-state index contributed by atoms with van der Waals surface area (Å²) in [5, 5.41) is 4.80. The summed E-state index contributed by atoms with van der Waals surface area (Å²) in [6.07, 6.45) is 3.92. The summed E-state index contributed by atoms with van der Waals surface area (Å²) in [5.74, 6) is -0.198. The van der Waals surface area contributed by atoms with Crippen LogP contribution in [0.1, 0.15) is 30.5 Å². The normalized spacial score (nSPS) is 14.8. The van der Waals surface area contributed by atoms with Gasteiger partial charge in [-0.25, -0.2) is 13.4 Å². The highest BCUT2D eigenvalue weighted by molar-refractivity contribution is 7.93. The quantitative estimate of drug-likeness (QED) is 0.517. The number of thiazole rings is 1. The fourth-order valence-corrected chi connectivity index (χ4v) is 5.63. The first-order chi connectivity index (χ1) is 15.5. The first-order valence-electron chi connectivity index (χ1n) is 10.6. The summed E-state index contributed by atoms with van der Waals surface area (Å²) in [5.41, 5.74) is 2.48. The van der Waals surface area contributed by atoms with Crippen molar-refractivity contribution < 1.29 is 13.2 Å². The Morgan fingerprint density at radius 3 is 2.44 bits per heavy atom. The Morgan fingerprint density at radius 1 is 1.00 bits per heavy atom. The van der Waals surface area contributed by atoms with E-state index in [0.717, 1.165) is 36.7 Å². The number of sulfonamides is 1. The lowest BCUT2D eigenvalue weighted by Gasteiger charge is -2.26. The maximum Gasteiger partial charge on any atom is 0.263 e. The molecule has 168 valence electrons. The molecule has 2 aromatic carbocycles. The Labute approximate surface area is 192 Å². The fraction of sp³-hybridized carbons (Fsp3) is 0.304. The third kappa shape index (κ3) is 6.15. The molecular weight excluding hydrogens is 444 g/mol. The van der Waals surface area contributed by atoms with Gasteiger partial charge in [0.25, 0.3) is 10.0 Å². The van der Waals surface area contributed by atoms with Crippen LogP contribution in [0.5, 0.6) is 0 Å². The molecule has 1 aromatic heterocycles. The number of piperidine rings is 1. The molecule has 1 amide bonds. The smallest absolute Gasteiger partial charge is 0.263 e. The fourth-order valence-electron chi connectivity index (χ4n) is 3.65. The van der Waals surface area contributed by atoms with Crippen LogP contribution < -0.4 is 10.0 Å². The number of benzene rings is 2. The predicted octanol–water partition coefficient (Wildman–Crippen LogP) is 4.11. The average molecular weight is 471 g/mol. The Bertz CT molecular complexity index is 1140. The van der Waals surface area contributed by atoms with Gasteiger partial charge in [0.2, 0.25) is 5.91 Å². The van der Waals surface area contributed by atoms with Crippen molar-refractivity contribution in [1.82, 2.24) is 9.88 Å². The molecular formula is C23H26N4O3S2. The second-order valence-corrected chi connectivity index (χ2v) is 10.4. The van der Waals surface area contributed by atoms with Gasteiger partial charge in [0.05, 0.1) is 17.0 Å². The molecule has 0 saturated carbocycles. The van der Waals surface area contributed by atoms with Crippen LogP contribution in [-0.4, -0.2) is 37.3 Å². The Kier molecular flexibility index (Phi) is 7.19. The van der Waals surface area contributed by atoms with Crippen molar-refractivity contribution >= 4 is 38.1 Å². The molecule has 0 radical (unpaired) electrons. The van der Waals surface area contributed by atoms with Crippen LogP contribution in [0.4, 0.5) is 10.8 Å². The molecule has 1 aliphatic heterocycles. The van der Waals surface area contributed by atoms with Crippen LogP contribution in [0, 0.1) is 0 Å². The van der Waals surface area contributed by atoms with Gasteiger partial charge in [-0.1, -0.05) is 36.8 Å². The van der Waals surface area contributed by atoms with E-state index >= 15 is 0 Å². The zero-order chi connectivity index (χ0) is 22.4. The summed E-state index contributed by atoms with van der Waals surface area (Å²) in [7, 11) is -3.70. The number of anilines is 2. The molecule has 0 spiro atoms. The van der Waals surface area contributed by atoms with Crippen molar-refractivity contribution in [3.63, 3.8) is 0 Å². The molecule has 32 heavy (non-hydrogen) atoms. The summed E-state index contributed by atoms with van der Waals surface area (Å²) in [4.78, 5) is 19.3. The van der Waals surface area contributed by atoms with Crippen molar-refractivity contribution in [1.29, 1.82) is 0 Å². The maximum atomic E-state index is 12.4. The standard InChI is InChI=1S/C23H26N4O3S2/c28-22(24-19-11-9-18(10-12-19)16-27-13-5-2-6-14-27)15-20-17-31-23(25-20)26-32(29,30)21-7-3-1-4-8-21/h1,3-4,7-12,17H,2,5-6,13-16H2,(H,24,28)(H,25,26). The molecule has 2 N–H and O–H groups in total. The molecule has 0 aliphatic carbocycles. The number of hydrogen-bond acceptors (Lipinski definition) is 6. The van der Waals surface area contributed by atoms with Crippen molar-refractivity contribution in [2.45, 2.75) is 37.1 Å². The van der Waals surface area contributed by atoms with Crippen molar-refractivity contribution in [2.24, 2.45) is 0 Å². The van der Waals surface area contributed by atoms with Gasteiger partial charge in [0.15, 0.2) is 5.13 Å². The Morgan fingerprint density at radius 2 is 1.72 bits per heavy atom. The van der Waals surface area contributed by atoms with Gasteiger partial charge in [-0.2, -0.15) is 0 Å². The van der Waals surface area contributed by atoms with Crippen LogP contribution in [0.25, 0.3) is 0 Å². The van der Waals surface area contributed by atoms with Crippen LogP contribution in [0.15, 0.2) is 64.9 Å². The van der Waals surface area contributed by atoms with Gasteiger partial charge in [-0.15, -0.1) is 11.3 Å². The van der Waals surface area contributed by atoms with Gasteiger partial charge in [0.1, 0.15) is 0 Å². The monoisotopic (exact) mass is 470 g/mol. The molecule has 0 atom stereocenters. The molecule has 1 saturated heterocycles. The summed E-state index contributed by atoms with van der Waals surface area (Å²) in [6, 6.07) is 16.0. The number of nitrogens with one attached hydrogen (secondary N) is 2. The van der Waals surface area contributed by atoms with E-state index < -0.39 is 10.0 Å². The predicted molar refractivity (Wildman–Crippen MR) is 127 cm³/mol. The molecule has 0 bridgehead atoms. The SMILES string of the molecule is O=C(Cc1csc(NS(=O)(=O)c2ccccc2)n1)Nc1ccc(CN2CCCCC2)cc1. The highest BCUT2D eigenvalue weighted by atomic mass is 32.2. The Hall–Kier alpha value is -2.75. The van der Waals surface area contributed by atoms with Crippen LogP contribution in [-0.2, 0) is 27.8 Å². The minimum Gasteiger partial charge on any atom is -0.326 e. The lowest BCUT2D eigenvalue weighted by atomic mass is 10.1. The first-order valence-corrected chi connectivity index (χ1v) is 13.0. The van der Waals surface area contributed by atoms with Gasteiger partial charge in [-0.05, 0) is 55.8 Å². The van der Waals surface area contributed by atoms with E-state index in [0.29, 0.717) is 5.69 Å². The van der Waals surface area contributed by atoms with Crippen molar-refractivity contribution in [3.8, 4) is 0 Å². The van der Waals surface area contributed by atoms with Gasteiger partial charge in [0, 0.05) is 17.6 Å². The average Bonchev–Trinajstić information content (AvgIpc) is 3.22. The van der Waals surface area contributed by atoms with Crippen LogP contribution >= 0.6 is 11.3 Å². The lowest BCUT2D eigenvalue weighted by molar-refractivity contribution is -0.115. The van der Waals surface area contributed by atoms with Crippen LogP contribution in [0.3, 0.4) is 0 Å². The first kappa shape index (κ1) is 22.4. The highest BCUT2D eigenvalue weighted by Gasteiger charge is 2.16. The number of carbonyl (C=O) groups is 1. The molecule has 1 fully saturated rings. The highest BCUT2D eigenvalue weighted by Crippen LogP contribution is 2.21. The maximum absolute atomic E-state index is 12.4. The third-order valence-corrected chi connectivity index (χ3v) is 7.55. The molecule has 0 unspecified atom stereocenters. The third-order valence-electron chi connectivity index (χ3n) is 5.26. The number of amides is 1. The van der Waals surface area contributed by atoms with E-state index in [1.54, 1.807) is 23.6 Å². The van der Waals surface area contributed by atoms with Gasteiger partial charge in [-0.3, -0.25) is 14.4 Å². The minimum absolute atomic E-state index is 0.0685. The molecule has 1 aliphatic rings. The Balaban J connectivity index is 1.29. The summed E-state index contributed by atoms with van der Waals surface area (Å²) in [6.45, 7) is 3.24. The molecule has 7 nitrogen and oxygen atoms in total. The number of nitrogens with zero attached hydrogens (tertiary/aromatic N) is 2. The molecule has 2 heterocycles. The van der Waals surface area contributed by atoms with E-state index in [2.05, 4.69) is 19.9 Å². The molecule has 9 heteroatoms. The van der Waals surface area contributed by atoms with Crippen LogP contribution in [0.2, 0.25) is 0 Å². The van der Waals surface area contributed by atoms with E-state index in [1.807, 2.05) is 24.3 Å². The summed E-state index contributed by atoms with van der Waals surface area (Å²) < 4.78 is 27.3.